The van der Waals surface area contributed by atoms with Crippen molar-refractivity contribution in [3.05, 3.63) is 0 Å². The highest BCUT2D eigenvalue weighted by Gasteiger charge is 2.61. The second kappa shape index (κ2) is 2.21. The van der Waals surface area contributed by atoms with E-state index in [0.717, 1.165) is 25.9 Å². The monoisotopic (exact) mass is 155 g/mol. The zero-order valence-corrected chi connectivity index (χ0v) is 6.72. The van der Waals surface area contributed by atoms with Crippen molar-refractivity contribution in [1.29, 1.82) is 0 Å². The largest absolute Gasteiger partial charge is 0.469 e. The van der Waals surface area contributed by atoms with E-state index in [9.17, 15) is 4.79 Å². The summed E-state index contributed by atoms with van der Waals surface area (Å²) < 4.78 is 4.77. The van der Waals surface area contributed by atoms with E-state index in [2.05, 4.69) is 5.32 Å². The van der Waals surface area contributed by atoms with Gasteiger partial charge in [-0.15, -0.1) is 0 Å². The molecule has 0 aromatic heterocycles. The Hall–Kier alpha value is -0.570. The van der Waals surface area contributed by atoms with Gasteiger partial charge >= 0.3 is 5.97 Å². The molecule has 2 fully saturated rings. The molecule has 3 nitrogen and oxygen atoms in total. The van der Waals surface area contributed by atoms with Crippen LogP contribution in [0.1, 0.15) is 12.8 Å². The van der Waals surface area contributed by atoms with Crippen molar-refractivity contribution in [3.8, 4) is 0 Å². The number of methoxy groups -OCH3 is 1. The molecule has 0 aromatic rings. The number of hydrogen-bond donors (Lipinski definition) is 1. The zero-order valence-electron chi connectivity index (χ0n) is 6.72. The summed E-state index contributed by atoms with van der Waals surface area (Å²) in [6, 6.07) is 0. The molecule has 3 heteroatoms. The van der Waals surface area contributed by atoms with Crippen molar-refractivity contribution in [1.82, 2.24) is 5.32 Å². The van der Waals surface area contributed by atoms with Gasteiger partial charge in [0.2, 0.25) is 0 Å². The van der Waals surface area contributed by atoms with Gasteiger partial charge < -0.3 is 10.1 Å². The minimum absolute atomic E-state index is 0.00370. The maximum Gasteiger partial charge on any atom is 0.312 e. The summed E-state index contributed by atoms with van der Waals surface area (Å²) >= 11 is 0. The van der Waals surface area contributed by atoms with Gasteiger partial charge in [-0.2, -0.15) is 0 Å². The zero-order chi connectivity index (χ0) is 7.90. The summed E-state index contributed by atoms with van der Waals surface area (Å²) in [5.74, 6) is 0.563. The van der Waals surface area contributed by atoms with Gasteiger partial charge in [0.15, 0.2) is 0 Å². The minimum atomic E-state index is -0.0694. The van der Waals surface area contributed by atoms with E-state index in [4.69, 9.17) is 4.74 Å². The predicted octanol–water partition coefficient (Wildman–Crippen LogP) is 0.159. The number of fused-ring (bicyclic) bond motifs is 1. The number of nitrogens with one attached hydrogen (secondary N) is 1. The molecule has 0 unspecified atom stereocenters. The van der Waals surface area contributed by atoms with Gasteiger partial charge in [0, 0.05) is 0 Å². The summed E-state index contributed by atoms with van der Waals surface area (Å²) in [6.45, 7) is 1.96. The lowest BCUT2D eigenvalue weighted by molar-refractivity contribution is -0.148. The number of carbonyl (C=O) groups is 1. The highest BCUT2D eigenvalue weighted by molar-refractivity contribution is 5.80. The van der Waals surface area contributed by atoms with Crippen LogP contribution in [0, 0.1) is 11.3 Å². The fourth-order valence-corrected chi connectivity index (χ4v) is 2.10. The van der Waals surface area contributed by atoms with Crippen molar-refractivity contribution in [2.45, 2.75) is 12.8 Å². The number of piperidine rings is 1. The summed E-state index contributed by atoms with van der Waals surface area (Å²) in [5, 5.41) is 3.27. The maximum atomic E-state index is 11.3. The van der Waals surface area contributed by atoms with Crippen molar-refractivity contribution in [3.63, 3.8) is 0 Å². The number of esters is 1. The van der Waals surface area contributed by atoms with Crippen LogP contribution in [-0.4, -0.2) is 26.2 Å². The van der Waals surface area contributed by atoms with Gasteiger partial charge in [0.05, 0.1) is 12.5 Å². The first kappa shape index (κ1) is 7.10. The van der Waals surface area contributed by atoms with E-state index in [1.54, 1.807) is 0 Å². The Balaban J connectivity index is 2.07. The number of ether oxygens (including phenoxy) is 1. The Morgan fingerprint density at radius 3 is 3.18 bits per heavy atom. The first-order valence-corrected chi connectivity index (χ1v) is 4.09. The molecule has 0 radical (unpaired) electrons. The molecule has 1 saturated carbocycles. The SMILES string of the molecule is COC(=O)[C@@]12CCNC[C@H]1C2. The van der Waals surface area contributed by atoms with Crippen molar-refractivity contribution in [2.24, 2.45) is 11.3 Å². The van der Waals surface area contributed by atoms with Crippen LogP contribution < -0.4 is 5.32 Å². The predicted molar refractivity (Wildman–Crippen MR) is 40.0 cm³/mol. The Kier molecular flexibility index (Phi) is 1.42. The molecule has 1 N–H and O–H groups in total. The maximum absolute atomic E-state index is 11.3. The third-order valence-electron chi connectivity index (χ3n) is 2.96. The van der Waals surface area contributed by atoms with E-state index in [0.29, 0.717) is 5.92 Å². The van der Waals surface area contributed by atoms with Gasteiger partial charge in [-0.1, -0.05) is 0 Å². The Morgan fingerprint density at radius 2 is 2.55 bits per heavy atom. The van der Waals surface area contributed by atoms with Crippen molar-refractivity contribution >= 4 is 5.97 Å². The fraction of sp³-hybridized carbons (Fsp3) is 0.875. The highest BCUT2D eigenvalue weighted by Crippen LogP contribution is 2.56. The average Bonchev–Trinajstić information content (AvgIpc) is 2.78. The van der Waals surface area contributed by atoms with Crippen LogP contribution in [0.5, 0.6) is 0 Å². The Morgan fingerprint density at radius 1 is 1.73 bits per heavy atom. The third kappa shape index (κ3) is 0.872. The summed E-state index contributed by atoms with van der Waals surface area (Å²) in [6.07, 6.45) is 2.00. The number of carbonyl (C=O) groups excluding carboxylic acids is 1. The minimum Gasteiger partial charge on any atom is -0.469 e. The van der Waals surface area contributed by atoms with Crippen molar-refractivity contribution in [2.75, 3.05) is 20.2 Å². The standard InChI is InChI=1S/C8H13NO2/c1-11-7(10)8-2-3-9-5-6(8)4-8/h6,9H,2-5H2,1H3/t6-,8-/m1/s1. The molecule has 2 aliphatic rings. The topological polar surface area (TPSA) is 38.3 Å². The molecular formula is C8H13NO2. The normalized spacial score (nSPS) is 41.0. The van der Waals surface area contributed by atoms with Crippen LogP contribution >= 0.6 is 0 Å². The molecule has 11 heavy (non-hydrogen) atoms. The molecule has 0 spiro atoms. The first-order chi connectivity index (χ1) is 5.29. The lowest BCUT2D eigenvalue weighted by Crippen LogP contribution is -2.34. The molecule has 1 heterocycles. The molecule has 1 aliphatic heterocycles. The van der Waals surface area contributed by atoms with Gasteiger partial charge in [-0.25, -0.2) is 0 Å². The number of rotatable bonds is 1. The molecular weight excluding hydrogens is 142 g/mol. The van der Waals surface area contributed by atoms with Gasteiger partial charge in [-0.3, -0.25) is 4.79 Å². The van der Waals surface area contributed by atoms with Gasteiger partial charge in [0.1, 0.15) is 0 Å². The van der Waals surface area contributed by atoms with E-state index in [1.165, 1.54) is 7.11 Å². The fourth-order valence-electron chi connectivity index (χ4n) is 2.10. The second-order valence-corrected chi connectivity index (χ2v) is 3.50. The van der Waals surface area contributed by atoms with Gasteiger partial charge in [0.25, 0.3) is 0 Å². The Labute approximate surface area is 66.1 Å². The molecule has 1 aliphatic carbocycles. The molecule has 1 saturated heterocycles. The van der Waals surface area contributed by atoms with E-state index < -0.39 is 0 Å². The average molecular weight is 155 g/mol. The molecule has 0 bridgehead atoms. The first-order valence-electron chi connectivity index (χ1n) is 4.09. The van der Waals surface area contributed by atoms with Crippen LogP contribution in [0.25, 0.3) is 0 Å². The summed E-state index contributed by atoms with van der Waals surface area (Å²) in [5.41, 5.74) is -0.0694. The quantitative estimate of drug-likeness (QED) is 0.548. The van der Waals surface area contributed by atoms with Crippen LogP contribution in [-0.2, 0) is 9.53 Å². The summed E-state index contributed by atoms with van der Waals surface area (Å²) in [4.78, 5) is 11.3. The molecule has 62 valence electrons. The molecule has 0 aromatic carbocycles. The summed E-state index contributed by atoms with van der Waals surface area (Å²) in [7, 11) is 1.48. The third-order valence-corrected chi connectivity index (χ3v) is 2.96. The van der Waals surface area contributed by atoms with E-state index in [1.807, 2.05) is 0 Å². The molecule has 0 amide bonds. The lowest BCUT2D eigenvalue weighted by atomic mass is 9.97. The number of hydrogen-bond acceptors (Lipinski definition) is 3. The molecule has 2 rings (SSSR count). The van der Waals surface area contributed by atoms with Crippen molar-refractivity contribution < 1.29 is 9.53 Å². The van der Waals surface area contributed by atoms with E-state index in [-0.39, 0.29) is 11.4 Å². The highest BCUT2D eigenvalue weighted by atomic mass is 16.5. The van der Waals surface area contributed by atoms with Crippen LogP contribution in [0.15, 0.2) is 0 Å². The Bertz CT molecular complexity index is 193. The van der Waals surface area contributed by atoms with Crippen LogP contribution in [0.3, 0.4) is 0 Å². The van der Waals surface area contributed by atoms with E-state index >= 15 is 0 Å². The second-order valence-electron chi connectivity index (χ2n) is 3.50. The van der Waals surface area contributed by atoms with Crippen LogP contribution in [0.4, 0.5) is 0 Å². The smallest absolute Gasteiger partial charge is 0.312 e. The lowest BCUT2D eigenvalue weighted by Gasteiger charge is -2.19. The van der Waals surface area contributed by atoms with Crippen LogP contribution in [0.2, 0.25) is 0 Å². The van der Waals surface area contributed by atoms with Gasteiger partial charge in [-0.05, 0) is 31.8 Å². The molecule has 2 atom stereocenters.